The van der Waals surface area contributed by atoms with Crippen molar-refractivity contribution in [2.24, 2.45) is 0 Å². The molecule has 0 amide bonds. The molecule has 0 aliphatic heterocycles. The first-order valence-electron chi connectivity index (χ1n) is 20.6. The lowest BCUT2D eigenvalue weighted by Crippen LogP contribution is -2.02. The monoisotopic (exact) mass is 764 g/mol. The zero-order chi connectivity index (χ0) is 39.3. The van der Waals surface area contributed by atoms with Crippen LogP contribution in [-0.4, -0.2) is 18.3 Å². The molecule has 0 aliphatic carbocycles. The van der Waals surface area contributed by atoms with Gasteiger partial charge in [0.25, 0.3) is 0 Å². The lowest BCUT2D eigenvalue weighted by atomic mass is 10.0. The fraction of sp³-hybridized carbons (Fsp3) is 0. The first-order valence-corrected chi connectivity index (χ1v) is 20.6. The number of fused-ring (bicyclic) bond motifs is 11. The Morgan fingerprint density at radius 2 is 0.600 bits per heavy atom. The van der Waals surface area contributed by atoms with Crippen molar-refractivity contribution in [3.05, 3.63) is 218 Å². The summed E-state index contributed by atoms with van der Waals surface area (Å²) in [7, 11) is 0. The summed E-state index contributed by atoms with van der Waals surface area (Å²) in [4.78, 5) is 0. The molecule has 0 saturated carbocycles. The molecule has 4 heterocycles. The van der Waals surface area contributed by atoms with Crippen LogP contribution in [-0.2, 0) is 0 Å². The molecule has 4 heteroatoms. The van der Waals surface area contributed by atoms with Gasteiger partial charge in [-0.15, -0.1) is 0 Å². The largest absolute Gasteiger partial charge is 0.309 e. The first kappa shape index (κ1) is 32.9. The van der Waals surface area contributed by atoms with Gasteiger partial charge in [-0.25, -0.2) is 0 Å². The van der Waals surface area contributed by atoms with Gasteiger partial charge in [-0.2, -0.15) is 0 Å². The van der Waals surface area contributed by atoms with Crippen LogP contribution in [0.3, 0.4) is 0 Å². The topological polar surface area (TPSA) is 19.7 Å². The predicted octanol–water partition coefficient (Wildman–Crippen LogP) is 14.6. The number of rotatable bonds is 5. The van der Waals surface area contributed by atoms with E-state index in [1.807, 2.05) is 0 Å². The number of nitrogens with zero attached hydrogens (tertiary/aromatic N) is 4. The molecule has 280 valence electrons. The summed E-state index contributed by atoms with van der Waals surface area (Å²) in [5.41, 5.74) is 15.2. The van der Waals surface area contributed by atoms with Gasteiger partial charge in [-0.05, 0) is 72.8 Å². The smallest absolute Gasteiger partial charge is 0.131 e. The van der Waals surface area contributed by atoms with Gasteiger partial charge in [0.2, 0.25) is 0 Å². The molecular weight excluding hydrogens is 729 g/mol. The molecule has 0 bridgehead atoms. The Labute approximate surface area is 345 Å². The fourth-order valence-electron chi connectivity index (χ4n) is 10.1. The van der Waals surface area contributed by atoms with E-state index < -0.39 is 0 Å². The average molecular weight is 765 g/mol. The molecule has 4 nitrogen and oxygen atoms in total. The maximum absolute atomic E-state index is 2.47. The highest BCUT2D eigenvalue weighted by Gasteiger charge is 2.24. The molecule has 0 N–H and O–H groups in total. The van der Waals surface area contributed by atoms with Gasteiger partial charge in [0.05, 0.1) is 44.5 Å². The minimum atomic E-state index is 1.13. The van der Waals surface area contributed by atoms with Crippen LogP contribution in [0.25, 0.3) is 110 Å². The standard InChI is InChI=1S/C56H36N4/c1-2-18-37(19-3-1)57-52-32-16-9-25-44(52)55-45-26-10-17-33-53(45)58(56(55)57)38-34-35-54-46(36-38)43-24-8-15-31-51(43)60(54)50-30-14-7-23-42(50)41-22-6-13-29-49(41)59-47-27-11-4-20-39(47)40-21-5-12-28-48(40)59/h1-36H. The van der Waals surface area contributed by atoms with E-state index in [4.69, 9.17) is 0 Å². The Balaban J connectivity index is 1.07. The molecule has 0 unspecified atom stereocenters. The Kier molecular flexibility index (Phi) is 6.98. The molecule has 0 spiro atoms. The second-order valence-corrected chi connectivity index (χ2v) is 15.7. The van der Waals surface area contributed by atoms with Crippen molar-refractivity contribution in [3.8, 4) is 33.9 Å². The van der Waals surface area contributed by atoms with Crippen LogP contribution in [0.1, 0.15) is 0 Å². The number of hydrogen-bond acceptors (Lipinski definition) is 0. The van der Waals surface area contributed by atoms with Crippen molar-refractivity contribution in [3.63, 3.8) is 0 Å². The minimum Gasteiger partial charge on any atom is -0.309 e. The summed E-state index contributed by atoms with van der Waals surface area (Å²) < 4.78 is 9.81. The Morgan fingerprint density at radius 3 is 1.12 bits per heavy atom. The third-order valence-electron chi connectivity index (χ3n) is 12.6. The number of para-hydroxylation sites is 8. The van der Waals surface area contributed by atoms with Gasteiger partial charge in [0, 0.05) is 60.2 Å². The van der Waals surface area contributed by atoms with Crippen molar-refractivity contribution in [1.29, 1.82) is 0 Å². The summed E-state index contributed by atoms with van der Waals surface area (Å²) in [6.07, 6.45) is 0. The van der Waals surface area contributed by atoms with E-state index in [1.54, 1.807) is 0 Å². The summed E-state index contributed by atoms with van der Waals surface area (Å²) in [5.74, 6) is 0. The normalized spacial score (nSPS) is 12.0. The van der Waals surface area contributed by atoms with Gasteiger partial charge in [0.1, 0.15) is 5.65 Å². The summed E-state index contributed by atoms with van der Waals surface area (Å²) in [6, 6.07) is 79.6. The van der Waals surface area contributed by atoms with E-state index >= 15 is 0 Å². The Morgan fingerprint density at radius 1 is 0.233 bits per heavy atom. The first-order chi connectivity index (χ1) is 29.8. The van der Waals surface area contributed by atoms with Crippen LogP contribution in [0.15, 0.2) is 218 Å². The van der Waals surface area contributed by atoms with Crippen molar-refractivity contribution in [1.82, 2.24) is 18.3 Å². The van der Waals surface area contributed by atoms with E-state index in [2.05, 4.69) is 237 Å². The zero-order valence-corrected chi connectivity index (χ0v) is 32.6. The third kappa shape index (κ3) is 4.56. The van der Waals surface area contributed by atoms with Crippen LogP contribution in [0.5, 0.6) is 0 Å². The van der Waals surface area contributed by atoms with Crippen LogP contribution < -0.4 is 0 Å². The summed E-state index contributed by atoms with van der Waals surface area (Å²) in [5, 5.41) is 8.71. The molecule has 0 saturated heterocycles. The molecular formula is C56H36N4. The second-order valence-electron chi connectivity index (χ2n) is 15.7. The molecule has 13 aromatic rings. The molecule has 0 atom stereocenters. The third-order valence-corrected chi connectivity index (χ3v) is 12.6. The van der Waals surface area contributed by atoms with Crippen LogP contribution in [0.4, 0.5) is 0 Å². The Bertz CT molecular complexity index is 3780. The van der Waals surface area contributed by atoms with Gasteiger partial charge in [-0.1, -0.05) is 146 Å². The van der Waals surface area contributed by atoms with Crippen LogP contribution >= 0.6 is 0 Å². The van der Waals surface area contributed by atoms with E-state index in [0.717, 1.165) is 28.3 Å². The molecule has 0 fully saturated rings. The maximum atomic E-state index is 2.47. The van der Waals surface area contributed by atoms with Crippen LogP contribution in [0.2, 0.25) is 0 Å². The highest BCUT2D eigenvalue weighted by molar-refractivity contribution is 6.23. The fourth-order valence-corrected chi connectivity index (χ4v) is 10.1. The molecule has 0 aliphatic rings. The maximum Gasteiger partial charge on any atom is 0.131 e. The van der Waals surface area contributed by atoms with E-state index in [0.29, 0.717) is 0 Å². The quantitative estimate of drug-likeness (QED) is 0.166. The lowest BCUT2D eigenvalue weighted by Gasteiger charge is -2.18. The van der Waals surface area contributed by atoms with E-state index in [1.165, 1.54) is 82.1 Å². The van der Waals surface area contributed by atoms with E-state index in [9.17, 15) is 0 Å². The minimum absolute atomic E-state index is 1.13. The molecule has 9 aromatic carbocycles. The average Bonchev–Trinajstić information content (AvgIpc) is 4.04. The van der Waals surface area contributed by atoms with Crippen molar-refractivity contribution in [2.45, 2.75) is 0 Å². The SMILES string of the molecule is c1ccc(-n2c3ccccc3c3c4ccccc4n(-c4ccc5c(c4)c4ccccc4n5-c4ccccc4-c4ccccc4-n4c5ccccc5c5ccccc54)c32)cc1. The van der Waals surface area contributed by atoms with E-state index in [-0.39, 0.29) is 0 Å². The summed E-state index contributed by atoms with van der Waals surface area (Å²) >= 11 is 0. The molecule has 13 rings (SSSR count). The van der Waals surface area contributed by atoms with Crippen molar-refractivity contribution in [2.75, 3.05) is 0 Å². The highest BCUT2D eigenvalue weighted by atomic mass is 15.1. The predicted molar refractivity (Wildman–Crippen MR) is 252 cm³/mol. The molecule has 60 heavy (non-hydrogen) atoms. The zero-order valence-electron chi connectivity index (χ0n) is 32.6. The van der Waals surface area contributed by atoms with Gasteiger partial charge >= 0.3 is 0 Å². The van der Waals surface area contributed by atoms with Gasteiger partial charge in [0.15, 0.2) is 0 Å². The highest BCUT2D eigenvalue weighted by Crippen LogP contribution is 2.44. The molecule has 0 radical (unpaired) electrons. The van der Waals surface area contributed by atoms with Gasteiger partial charge < -0.3 is 9.13 Å². The van der Waals surface area contributed by atoms with Crippen molar-refractivity contribution < 1.29 is 0 Å². The second kappa shape index (κ2) is 12.7. The Hall–Kier alpha value is -8.08. The van der Waals surface area contributed by atoms with Crippen molar-refractivity contribution >= 4 is 76.5 Å². The van der Waals surface area contributed by atoms with Gasteiger partial charge in [-0.3, -0.25) is 9.13 Å². The summed E-state index contributed by atoms with van der Waals surface area (Å²) in [6.45, 7) is 0. The number of hydrogen-bond donors (Lipinski definition) is 0. The lowest BCUT2D eigenvalue weighted by molar-refractivity contribution is 1.07. The number of benzene rings is 9. The molecule has 4 aromatic heterocycles. The van der Waals surface area contributed by atoms with Crippen LogP contribution in [0, 0.1) is 0 Å². The number of aromatic nitrogens is 4.